The highest BCUT2D eigenvalue weighted by molar-refractivity contribution is 5.53. The van der Waals surface area contributed by atoms with Crippen molar-refractivity contribution in [3.05, 3.63) is 47.1 Å². The highest BCUT2D eigenvalue weighted by Gasteiger charge is 2.43. The zero-order valence-corrected chi connectivity index (χ0v) is 15.1. The monoisotopic (exact) mass is 330 g/mol. The van der Waals surface area contributed by atoms with Gasteiger partial charge in [-0.25, -0.2) is 0 Å². The van der Waals surface area contributed by atoms with Crippen molar-refractivity contribution in [1.29, 1.82) is 0 Å². The topological polar surface area (TPSA) is 60.7 Å². The van der Waals surface area contributed by atoms with Crippen LogP contribution in [0.25, 0.3) is 0 Å². The number of unbranched alkanes of at least 4 members (excludes halogenated alkanes) is 2. The van der Waals surface area contributed by atoms with Crippen molar-refractivity contribution in [3.63, 3.8) is 0 Å². The van der Waals surface area contributed by atoms with Crippen LogP contribution in [0.5, 0.6) is 11.5 Å². The van der Waals surface area contributed by atoms with Crippen molar-refractivity contribution in [2.45, 2.75) is 64.9 Å². The first-order chi connectivity index (χ1) is 11.3. The molecule has 2 rings (SSSR count). The van der Waals surface area contributed by atoms with Crippen molar-refractivity contribution < 1.29 is 15.3 Å². The molecule has 0 radical (unpaired) electrons. The summed E-state index contributed by atoms with van der Waals surface area (Å²) in [5.41, 5.74) is 1.60. The number of aryl methyl sites for hydroxylation is 1. The number of rotatable bonds is 6. The molecule has 0 amide bonds. The Bertz CT molecular complexity index is 621. The van der Waals surface area contributed by atoms with Crippen molar-refractivity contribution in [3.8, 4) is 11.5 Å². The molecule has 0 fully saturated rings. The first-order valence-electron chi connectivity index (χ1n) is 8.91. The van der Waals surface area contributed by atoms with E-state index in [9.17, 15) is 15.3 Å². The van der Waals surface area contributed by atoms with Crippen molar-refractivity contribution in [1.82, 2.24) is 0 Å². The summed E-state index contributed by atoms with van der Waals surface area (Å²) in [4.78, 5) is 0. The van der Waals surface area contributed by atoms with Crippen LogP contribution in [0.3, 0.4) is 0 Å². The Labute approximate surface area is 145 Å². The molecule has 0 heterocycles. The zero-order valence-electron chi connectivity index (χ0n) is 15.1. The van der Waals surface area contributed by atoms with E-state index in [2.05, 4.69) is 13.5 Å². The van der Waals surface area contributed by atoms with Gasteiger partial charge in [-0.05, 0) is 63.3 Å². The Morgan fingerprint density at radius 3 is 2.42 bits per heavy atom. The smallest absolute Gasteiger partial charge is 0.126 e. The summed E-state index contributed by atoms with van der Waals surface area (Å²) >= 11 is 0. The van der Waals surface area contributed by atoms with E-state index in [1.165, 1.54) is 0 Å². The molecule has 0 spiro atoms. The number of hydrogen-bond acceptors (Lipinski definition) is 3. The molecule has 1 aromatic carbocycles. The largest absolute Gasteiger partial charge is 0.507 e. The predicted octanol–water partition coefficient (Wildman–Crippen LogP) is 4.95. The van der Waals surface area contributed by atoms with Gasteiger partial charge in [0.1, 0.15) is 17.1 Å². The lowest BCUT2D eigenvalue weighted by Gasteiger charge is -2.39. The van der Waals surface area contributed by atoms with Crippen molar-refractivity contribution in [2.75, 3.05) is 0 Å². The van der Waals surface area contributed by atoms with Gasteiger partial charge in [-0.2, -0.15) is 0 Å². The van der Waals surface area contributed by atoms with Gasteiger partial charge in [-0.1, -0.05) is 37.5 Å². The molecular weight excluding hydrogens is 300 g/mol. The minimum Gasteiger partial charge on any atom is -0.507 e. The van der Waals surface area contributed by atoms with Gasteiger partial charge in [-0.15, -0.1) is 0 Å². The van der Waals surface area contributed by atoms with E-state index in [0.29, 0.717) is 0 Å². The molecular formula is C21H30O3. The van der Waals surface area contributed by atoms with Crippen LogP contribution in [0.1, 0.15) is 64.0 Å². The van der Waals surface area contributed by atoms with E-state index < -0.39 is 5.60 Å². The molecule has 0 aromatic heterocycles. The summed E-state index contributed by atoms with van der Waals surface area (Å²) < 4.78 is 0. The zero-order chi connectivity index (χ0) is 17.9. The summed E-state index contributed by atoms with van der Waals surface area (Å²) in [5.74, 6) is -0.300. The lowest BCUT2D eigenvalue weighted by molar-refractivity contribution is 0.0250. The Morgan fingerprint density at radius 2 is 1.88 bits per heavy atom. The Hall–Kier alpha value is -1.74. The van der Waals surface area contributed by atoms with E-state index in [1.807, 2.05) is 13.8 Å². The molecule has 1 aliphatic carbocycles. The van der Waals surface area contributed by atoms with Crippen LogP contribution >= 0.6 is 0 Å². The van der Waals surface area contributed by atoms with Gasteiger partial charge in [0.05, 0.1) is 5.56 Å². The second-order valence-corrected chi connectivity index (χ2v) is 7.22. The van der Waals surface area contributed by atoms with Gasteiger partial charge >= 0.3 is 0 Å². The van der Waals surface area contributed by atoms with Crippen LogP contribution < -0.4 is 0 Å². The van der Waals surface area contributed by atoms with Gasteiger partial charge in [0.15, 0.2) is 0 Å². The van der Waals surface area contributed by atoms with Gasteiger partial charge in [-0.3, -0.25) is 0 Å². The third-order valence-electron chi connectivity index (χ3n) is 5.05. The van der Waals surface area contributed by atoms with Gasteiger partial charge in [0.25, 0.3) is 0 Å². The normalized spacial score (nSPS) is 23.8. The fraction of sp³-hybridized carbons (Fsp3) is 0.524. The quantitative estimate of drug-likeness (QED) is 0.511. The Kier molecular flexibility index (Phi) is 5.76. The summed E-state index contributed by atoms with van der Waals surface area (Å²) in [5, 5.41) is 32.5. The number of aliphatic hydroxyl groups is 1. The van der Waals surface area contributed by atoms with E-state index in [-0.39, 0.29) is 23.0 Å². The maximum Gasteiger partial charge on any atom is 0.126 e. The lowest BCUT2D eigenvalue weighted by atomic mass is 9.70. The number of aromatic hydroxyl groups is 2. The third kappa shape index (κ3) is 3.67. The fourth-order valence-electron chi connectivity index (χ4n) is 3.81. The van der Waals surface area contributed by atoms with Gasteiger partial charge < -0.3 is 15.3 Å². The van der Waals surface area contributed by atoms with Crippen LogP contribution in [-0.4, -0.2) is 15.3 Å². The molecule has 0 unspecified atom stereocenters. The minimum absolute atomic E-state index is 0.0406. The molecule has 3 heteroatoms. The number of allylic oxidation sites excluding steroid dienone is 1. The molecule has 1 aliphatic rings. The molecule has 0 bridgehead atoms. The fourth-order valence-corrected chi connectivity index (χ4v) is 3.81. The second-order valence-electron chi connectivity index (χ2n) is 7.22. The van der Waals surface area contributed by atoms with E-state index in [4.69, 9.17) is 0 Å². The van der Waals surface area contributed by atoms with E-state index in [1.54, 1.807) is 18.2 Å². The number of hydrogen-bond donors (Lipinski definition) is 3. The summed E-state index contributed by atoms with van der Waals surface area (Å²) in [7, 11) is 0. The lowest BCUT2D eigenvalue weighted by Crippen LogP contribution is -2.36. The molecule has 3 N–H and O–H groups in total. The Morgan fingerprint density at radius 1 is 1.25 bits per heavy atom. The van der Waals surface area contributed by atoms with E-state index in [0.717, 1.165) is 55.2 Å². The molecule has 0 saturated heterocycles. The molecule has 3 nitrogen and oxygen atoms in total. The highest BCUT2D eigenvalue weighted by atomic mass is 16.3. The molecule has 132 valence electrons. The summed E-state index contributed by atoms with van der Waals surface area (Å²) in [6, 6.07) is 3.35. The molecule has 1 aromatic rings. The SMILES string of the molecule is C=C(C)[C@@H]1CCC(C)=C[C@@]1(O)c1c(O)cc(CCCCC)cc1O. The number of benzene rings is 1. The maximum absolute atomic E-state index is 11.4. The van der Waals surface area contributed by atoms with Gasteiger partial charge in [0.2, 0.25) is 0 Å². The molecule has 24 heavy (non-hydrogen) atoms. The molecule has 2 atom stereocenters. The van der Waals surface area contributed by atoms with Crippen molar-refractivity contribution in [2.24, 2.45) is 5.92 Å². The summed E-state index contributed by atoms with van der Waals surface area (Å²) in [6.45, 7) is 9.99. The second kappa shape index (κ2) is 7.43. The predicted molar refractivity (Wildman–Crippen MR) is 98.2 cm³/mol. The molecule has 0 aliphatic heterocycles. The first kappa shape index (κ1) is 18.6. The van der Waals surface area contributed by atoms with Crippen LogP contribution in [0.2, 0.25) is 0 Å². The van der Waals surface area contributed by atoms with Crippen LogP contribution in [-0.2, 0) is 12.0 Å². The number of phenolic OH excluding ortho intramolecular Hbond substituents is 2. The first-order valence-corrected chi connectivity index (χ1v) is 8.91. The maximum atomic E-state index is 11.4. The summed E-state index contributed by atoms with van der Waals surface area (Å²) in [6.07, 6.45) is 7.48. The Balaban J connectivity index is 2.45. The van der Waals surface area contributed by atoms with Crippen molar-refractivity contribution >= 4 is 0 Å². The highest BCUT2D eigenvalue weighted by Crippen LogP contribution is 2.49. The third-order valence-corrected chi connectivity index (χ3v) is 5.05. The van der Waals surface area contributed by atoms with Crippen LogP contribution in [0.15, 0.2) is 35.9 Å². The average Bonchev–Trinajstić information content (AvgIpc) is 2.45. The minimum atomic E-state index is -1.41. The standard InChI is InChI=1S/C21H30O3/c1-5-6-7-8-16-11-18(22)20(19(23)12-16)21(24)13-15(4)9-10-17(21)14(2)3/h11-13,17,22-24H,2,5-10H2,1,3-4H3/t17-,21-/m0/s1. The molecule has 0 saturated carbocycles. The van der Waals surface area contributed by atoms with E-state index >= 15 is 0 Å². The number of phenols is 2. The van der Waals surface area contributed by atoms with Crippen LogP contribution in [0.4, 0.5) is 0 Å². The average molecular weight is 330 g/mol. The van der Waals surface area contributed by atoms with Gasteiger partial charge in [0, 0.05) is 5.92 Å². The van der Waals surface area contributed by atoms with Crippen LogP contribution in [0, 0.1) is 5.92 Å².